The molecule has 8 atom stereocenters. The molecule has 3 aromatic carbocycles. The Morgan fingerprint density at radius 2 is 1.37 bits per heavy atom. The molecule has 0 aliphatic carbocycles. The third-order valence-corrected chi connectivity index (χ3v) is 19.3. The molecule has 0 unspecified atom stereocenters. The summed E-state index contributed by atoms with van der Waals surface area (Å²) in [5, 5.41) is 6.16. The highest BCUT2D eigenvalue weighted by molar-refractivity contribution is 6.74. The Bertz CT molecular complexity index is 3020. The van der Waals surface area contributed by atoms with Gasteiger partial charge < -0.3 is 42.9 Å². The van der Waals surface area contributed by atoms with Gasteiger partial charge in [-0.2, -0.15) is 4.98 Å². The average molecular weight is 1050 g/mol. The van der Waals surface area contributed by atoms with Gasteiger partial charge in [0.05, 0.1) is 33.3 Å². The quantitative estimate of drug-likeness (QED) is 0.0362. The molecule has 20 nitrogen and oxygen atoms in total. The second-order valence-corrected chi connectivity index (χ2v) is 25.5. The number of nitrogens with zero attached hydrogens (tertiary/aromatic N) is 4. The highest BCUT2D eigenvalue weighted by atomic mass is 28.4. The first kappa shape index (κ1) is 54.9. The van der Waals surface area contributed by atoms with E-state index in [1.165, 1.54) is 23.2 Å². The first-order chi connectivity index (χ1) is 35.8. The first-order valence-electron chi connectivity index (χ1n) is 25.2. The van der Waals surface area contributed by atoms with Crippen LogP contribution in [0.4, 0.5) is 5.95 Å². The van der Waals surface area contributed by atoms with Gasteiger partial charge in [-0.3, -0.25) is 38.8 Å². The second kappa shape index (κ2) is 22.9. The van der Waals surface area contributed by atoms with Crippen molar-refractivity contribution in [3.05, 3.63) is 145 Å². The molecular weight excluding hydrogens is 981 g/mol. The van der Waals surface area contributed by atoms with Gasteiger partial charge >= 0.3 is 5.69 Å². The predicted octanol–water partition coefficient (Wildman–Crippen LogP) is 6.10. The van der Waals surface area contributed by atoms with Crippen LogP contribution >= 0.6 is 0 Å². The van der Waals surface area contributed by atoms with Gasteiger partial charge in [0.25, 0.3) is 11.1 Å². The summed E-state index contributed by atoms with van der Waals surface area (Å²) in [5.74, 6) is 0.305. The Balaban J connectivity index is 1.11. The maximum absolute atomic E-state index is 13.4. The van der Waals surface area contributed by atoms with E-state index in [4.69, 9.17) is 37.6 Å². The summed E-state index contributed by atoms with van der Waals surface area (Å²) >= 11 is 0. The van der Waals surface area contributed by atoms with Crippen LogP contribution in [0.2, 0.25) is 18.1 Å². The van der Waals surface area contributed by atoms with Crippen LogP contribution in [0.5, 0.6) is 11.5 Å². The Morgan fingerprint density at radius 1 is 0.773 bits per heavy atom. The van der Waals surface area contributed by atoms with Gasteiger partial charge in [-0.05, 0) is 72.1 Å². The monoisotopic (exact) mass is 1050 g/mol. The molecule has 75 heavy (non-hydrogen) atoms. The molecule has 402 valence electrons. The largest absolute Gasteiger partial charge is 0.497 e. The van der Waals surface area contributed by atoms with Crippen LogP contribution in [-0.2, 0) is 38.5 Å². The van der Waals surface area contributed by atoms with Crippen LogP contribution in [0.15, 0.2) is 112 Å². The number of amides is 1. The van der Waals surface area contributed by atoms with Crippen LogP contribution in [0.1, 0.15) is 70.2 Å². The minimum Gasteiger partial charge on any atom is -0.497 e. The summed E-state index contributed by atoms with van der Waals surface area (Å²) in [5.41, 5.74) is -0.0868. The summed E-state index contributed by atoms with van der Waals surface area (Å²) in [4.78, 5) is 65.7. The Hall–Kier alpha value is -6.30. The van der Waals surface area contributed by atoms with Crippen LogP contribution in [0.25, 0.3) is 11.2 Å². The summed E-state index contributed by atoms with van der Waals surface area (Å²) in [6.45, 7) is 15.1. The predicted molar refractivity (Wildman–Crippen MR) is 284 cm³/mol. The standard InChI is InChI=1S/C54H70N8O12Si/c1-32(2)47(64)59-51-58-46-42(48(65)60-51)56-31-62(46)50-45(70-9)44(74-75(10,11)53(3,4)5)39(72-50)29-55-27-25-38-40(73-49(43(38)69-8)61-28-26-41(63)57-52(61)66)30-71-54(33-15-13-12-14-16-33,34-17-21-36(67-6)22-18-34)35-19-23-37(68-7)24-20-35/h12-24,26,28,31-32,38-40,43-45,49-50,55H,25,27,29-30H2,1-11H3,(H,57,63,66)(H2,58,59,60,64,65)/t38-,39-,40-,43-,44-,45-,49-,50-/m1/s1. The summed E-state index contributed by atoms with van der Waals surface area (Å²) in [7, 11) is 3.94. The number of carbonyl (C=O) groups is 1. The van der Waals surface area contributed by atoms with E-state index in [2.05, 4.69) is 64.4 Å². The van der Waals surface area contributed by atoms with Gasteiger partial charge in [-0.1, -0.05) is 89.2 Å². The molecule has 21 heteroatoms. The molecule has 2 fully saturated rings. The summed E-state index contributed by atoms with van der Waals surface area (Å²) in [6, 6.07) is 26.7. The molecule has 0 saturated carbocycles. The highest BCUT2D eigenvalue weighted by Gasteiger charge is 2.52. The van der Waals surface area contributed by atoms with Crippen LogP contribution in [-0.4, -0.2) is 122 Å². The molecule has 2 saturated heterocycles. The molecule has 2 aliphatic heterocycles. The zero-order chi connectivity index (χ0) is 53.8. The fourth-order valence-corrected chi connectivity index (χ4v) is 11.0. The topological polar surface area (TPSA) is 233 Å². The van der Waals surface area contributed by atoms with Gasteiger partial charge in [0.1, 0.15) is 41.5 Å². The van der Waals surface area contributed by atoms with E-state index in [1.807, 2.05) is 78.9 Å². The van der Waals surface area contributed by atoms with Crippen LogP contribution < -0.4 is 36.9 Å². The van der Waals surface area contributed by atoms with E-state index in [0.717, 1.165) is 16.7 Å². The van der Waals surface area contributed by atoms with Crippen molar-refractivity contribution in [3.63, 3.8) is 0 Å². The van der Waals surface area contributed by atoms with E-state index < -0.39 is 73.7 Å². The number of rotatable bonds is 21. The molecule has 3 aromatic heterocycles. The number of ether oxygens (including phenoxy) is 7. The van der Waals surface area contributed by atoms with E-state index >= 15 is 0 Å². The number of carbonyl (C=O) groups excluding carboxylic acids is 1. The fourth-order valence-electron chi connectivity index (χ4n) is 9.67. The molecular formula is C54H70N8O12Si. The lowest BCUT2D eigenvalue weighted by Crippen LogP contribution is -2.51. The minimum atomic E-state index is -2.47. The number of anilines is 1. The van der Waals surface area contributed by atoms with E-state index in [9.17, 15) is 19.2 Å². The number of H-pyrrole nitrogens is 2. The fraction of sp³-hybridized carbons (Fsp3) is 0.481. The number of hydrogen-bond acceptors (Lipinski definition) is 15. The van der Waals surface area contributed by atoms with Crippen molar-refractivity contribution < 1.29 is 42.4 Å². The van der Waals surface area contributed by atoms with Gasteiger partial charge in [0.15, 0.2) is 31.9 Å². The maximum Gasteiger partial charge on any atom is 0.330 e. The lowest BCUT2D eigenvalue weighted by molar-refractivity contribution is -0.118. The summed E-state index contributed by atoms with van der Waals surface area (Å²) < 4.78 is 54.9. The van der Waals surface area contributed by atoms with Crippen molar-refractivity contribution in [2.75, 3.05) is 53.5 Å². The molecule has 8 rings (SSSR count). The molecule has 0 spiro atoms. The second-order valence-electron chi connectivity index (χ2n) is 20.7. The maximum atomic E-state index is 13.4. The normalized spacial score (nSPS) is 22.2. The number of imidazole rings is 1. The zero-order valence-corrected chi connectivity index (χ0v) is 45.5. The van der Waals surface area contributed by atoms with Gasteiger partial charge in [0, 0.05) is 44.9 Å². The number of hydrogen-bond donors (Lipinski definition) is 4. The molecule has 6 aromatic rings. The van der Waals surface area contributed by atoms with E-state index in [-0.39, 0.29) is 46.5 Å². The summed E-state index contributed by atoms with van der Waals surface area (Å²) in [6.07, 6.45) is -1.51. The Morgan fingerprint density at radius 3 is 1.95 bits per heavy atom. The number of aromatic nitrogens is 6. The number of nitrogens with one attached hydrogen (secondary N) is 4. The molecule has 5 heterocycles. The van der Waals surface area contributed by atoms with Crippen molar-refractivity contribution in [3.8, 4) is 11.5 Å². The molecule has 4 N–H and O–H groups in total. The number of methoxy groups -OCH3 is 4. The number of fused-ring (bicyclic) bond motifs is 1. The number of aromatic amines is 2. The minimum absolute atomic E-state index is 0.0129. The molecule has 0 bridgehead atoms. The number of benzene rings is 3. The molecule has 0 radical (unpaired) electrons. The lowest BCUT2D eigenvalue weighted by Gasteiger charge is -2.40. The molecule has 1 amide bonds. The van der Waals surface area contributed by atoms with Gasteiger partial charge in [-0.15, -0.1) is 0 Å². The van der Waals surface area contributed by atoms with Crippen LogP contribution in [0.3, 0.4) is 0 Å². The van der Waals surface area contributed by atoms with Crippen molar-refractivity contribution in [1.82, 2.24) is 34.4 Å². The van der Waals surface area contributed by atoms with Crippen molar-refractivity contribution in [1.29, 1.82) is 0 Å². The van der Waals surface area contributed by atoms with Gasteiger partial charge in [-0.25, -0.2) is 9.78 Å². The smallest absolute Gasteiger partial charge is 0.330 e. The van der Waals surface area contributed by atoms with E-state index in [0.29, 0.717) is 31.0 Å². The first-order valence-corrected chi connectivity index (χ1v) is 28.1. The average Bonchev–Trinajstić information content (AvgIpc) is 4.09. The van der Waals surface area contributed by atoms with Crippen molar-refractivity contribution in [2.24, 2.45) is 11.8 Å². The third-order valence-electron chi connectivity index (χ3n) is 14.8. The Labute approximate surface area is 436 Å². The zero-order valence-electron chi connectivity index (χ0n) is 44.5. The highest BCUT2D eigenvalue weighted by Crippen LogP contribution is 2.45. The lowest BCUT2D eigenvalue weighted by atomic mass is 9.80. The SMILES string of the molecule is COc1ccc(C(OC[C@H]2O[C@@H](n3ccc(=O)[nH]c3=O)[C@H](OC)[C@@H]2CCNC[C@H]2O[C@@H](n3cnc4c(=O)[nH]c(NC(=O)C(C)C)nc43)[C@H](OC)[C@@H]2O[Si](C)(C)C(C)(C)C)(c2ccccc2)c2ccc(OC)cc2)cc1. The van der Waals surface area contributed by atoms with E-state index in [1.54, 1.807) is 46.9 Å². The van der Waals surface area contributed by atoms with Crippen molar-refractivity contribution in [2.45, 2.75) is 108 Å². The van der Waals surface area contributed by atoms with Crippen molar-refractivity contribution >= 4 is 31.3 Å². The van der Waals surface area contributed by atoms with Crippen LogP contribution in [0, 0.1) is 11.8 Å². The molecule has 2 aliphatic rings. The Kier molecular flexibility index (Phi) is 16.8. The third kappa shape index (κ3) is 11.3. The van der Waals surface area contributed by atoms with Gasteiger partial charge in [0.2, 0.25) is 11.9 Å².